The molecule has 0 saturated heterocycles. The summed E-state index contributed by atoms with van der Waals surface area (Å²) in [6.07, 6.45) is 1.84. The quantitative estimate of drug-likeness (QED) is 0.397. The van der Waals surface area contributed by atoms with Gasteiger partial charge in [-0.05, 0) is 42.0 Å². The molecule has 3 aromatic carbocycles. The van der Waals surface area contributed by atoms with E-state index in [-0.39, 0.29) is 5.56 Å². The molecule has 0 N–H and O–H groups in total. The maximum Gasteiger partial charge on any atom is 0.276 e. The predicted molar refractivity (Wildman–Crippen MR) is 124 cm³/mol. The summed E-state index contributed by atoms with van der Waals surface area (Å²) < 4.78 is 8.12. The van der Waals surface area contributed by atoms with Crippen molar-refractivity contribution in [1.82, 2.24) is 14.6 Å². The third-order valence-corrected chi connectivity index (χ3v) is 6.00. The Morgan fingerprint density at radius 3 is 2.48 bits per heavy atom. The largest absolute Gasteiger partial charge is 0.488 e. The summed E-state index contributed by atoms with van der Waals surface area (Å²) in [5.74, 6) is 1.22. The standard InChI is InChI=1S/C24H16ClN3O2S/c25-19-12-10-17(11-13-19)22-26-27-24-28(22)23(29)21(31-24)14-18-8-4-5-9-20(18)30-15-16-6-2-1-3-7-16/h1-14H,15H2/b21-14+. The second kappa shape index (κ2) is 8.34. The number of halogens is 1. The van der Waals surface area contributed by atoms with Crippen LogP contribution in [0.1, 0.15) is 11.1 Å². The van der Waals surface area contributed by atoms with Gasteiger partial charge in [-0.15, -0.1) is 10.2 Å². The molecule has 0 spiro atoms. The van der Waals surface area contributed by atoms with Crippen LogP contribution in [0.25, 0.3) is 22.4 Å². The summed E-state index contributed by atoms with van der Waals surface area (Å²) in [6, 6.07) is 24.8. The number of rotatable bonds is 5. The van der Waals surface area contributed by atoms with Gasteiger partial charge in [-0.3, -0.25) is 4.79 Å². The molecular weight excluding hydrogens is 430 g/mol. The van der Waals surface area contributed by atoms with E-state index in [9.17, 15) is 4.79 Å². The molecule has 7 heteroatoms. The van der Waals surface area contributed by atoms with E-state index in [1.807, 2.05) is 72.8 Å². The average Bonchev–Trinajstić information content (AvgIpc) is 3.35. The molecular formula is C24H16ClN3O2S. The second-order valence-electron chi connectivity index (χ2n) is 6.88. The number of fused-ring (bicyclic) bond motifs is 1. The van der Waals surface area contributed by atoms with Gasteiger partial charge in [0, 0.05) is 16.1 Å². The van der Waals surface area contributed by atoms with E-state index in [1.165, 1.54) is 15.7 Å². The predicted octanol–water partition coefficient (Wildman–Crippen LogP) is 4.60. The van der Waals surface area contributed by atoms with Crippen LogP contribution in [0.3, 0.4) is 0 Å². The number of ether oxygens (including phenoxy) is 1. The Bertz CT molecular complexity index is 1460. The first-order valence-electron chi connectivity index (χ1n) is 9.60. The SMILES string of the molecule is O=c1/c(=C\c2ccccc2OCc2ccccc2)sc2nnc(-c3ccc(Cl)cc3)n12. The molecule has 152 valence electrons. The summed E-state index contributed by atoms with van der Waals surface area (Å²) in [4.78, 5) is 13.7. The van der Waals surface area contributed by atoms with Crippen molar-refractivity contribution in [2.24, 2.45) is 0 Å². The fraction of sp³-hybridized carbons (Fsp3) is 0.0417. The van der Waals surface area contributed by atoms with Gasteiger partial charge in [0.05, 0.1) is 4.53 Å². The lowest BCUT2D eigenvalue weighted by Gasteiger charge is -2.08. The van der Waals surface area contributed by atoms with Crippen LogP contribution in [0.2, 0.25) is 5.02 Å². The lowest BCUT2D eigenvalue weighted by Crippen LogP contribution is -2.23. The normalized spacial score (nSPS) is 11.8. The number of benzene rings is 3. The molecule has 0 radical (unpaired) electrons. The molecule has 31 heavy (non-hydrogen) atoms. The van der Waals surface area contributed by atoms with E-state index >= 15 is 0 Å². The van der Waals surface area contributed by atoms with Gasteiger partial charge in [-0.25, -0.2) is 4.40 Å². The van der Waals surface area contributed by atoms with Crippen LogP contribution in [-0.4, -0.2) is 14.6 Å². The Balaban J connectivity index is 1.53. The second-order valence-corrected chi connectivity index (χ2v) is 8.32. The van der Waals surface area contributed by atoms with E-state index in [4.69, 9.17) is 16.3 Å². The molecule has 0 unspecified atom stereocenters. The molecule has 0 aliphatic carbocycles. The maximum atomic E-state index is 13.1. The topological polar surface area (TPSA) is 56.5 Å². The number of nitrogens with zero attached hydrogens (tertiary/aromatic N) is 3. The Morgan fingerprint density at radius 1 is 0.935 bits per heavy atom. The van der Waals surface area contributed by atoms with Crippen molar-refractivity contribution in [3.63, 3.8) is 0 Å². The summed E-state index contributed by atoms with van der Waals surface area (Å²) in [6.45, 7) is 0.453. The lowest BCUT2D eigenvalue weighted by molar-refractivity contribution is 0.305. The van der Waals surface area contributed by atoms with Crippen molar-refractivity contribution in [2.45, 2.75) is 6.61 Å². The average molecular weight is 446 g/mol. The minimum atomic E-state index is -0.159. The Labute approximate surface area is 186 Å². The van der Waals surface area contributed by atoms with Crippen molar-refractivity contribution in [2.75, 3.05) is 0 Å². The maximum absolute atomic E-state index is 13.1. The highest BCUT2D eigenvalue weighted by molar-refractivity contribution is 7.15. The lowest BCUT2D eigenvalue weighted by atomic mass is 10.2. The number of aromatic nitrogens is 3. The third kappa shape index (κ3) is 3.95. The fourth-order valence-electron chi connectivity index (χ4n) is 3.26. The Hall–Kier alpha value is -3.48. The molecule has 2 aromatic heterocycles. The number of hydrogen-bond donors (Lipinski definition) is 0. The molecule has 5 aromatic rings. The number of hydrogen-bond acceptors (Lipinski definition) is 5. The van der Waals surface area contributed by atoms with Crippen LogP contribution in [0.4, 0.5) is 0 Å². The van der Waals surface area contributed by atoms with Gasteiger partial charge in [0.1, 0.15) is 12.4 Å². The molecule has 0 aliphatic heterocycles. The van der Waals surface area contributed by atoms with Crippen LogP contribution >= 0.6 is 22.9 Å². The van der Waals surface area contributed by atoms with Crippen molar-refractivity contribution >= 4 is 34.0 Å². The van der Waals surface area contributed by atoms with Crippen LogP contribution in [0.5, 0.6) is 5.75 Å². The zero-order valence-corrected chi connectivity index (χ0v) is 17.8. The van der Waals surface area contributed by atoms with Gasteiger partial charge in [0.15, 0.2) is 5.82 Å². The first-order valence-corrected chi connectivity index (χ1v) is 10.8. The monoisotopic (exact) mass is 445 g/mol. The zero-order chi connectivity index (χ0) is 21.2. The van der Waals surface area contributed by atoms with Crippen LogP contribution in [0.15, 0.2) is 83.7 Å². The number of para-hydroxylation sites is 1. The summed E-state index contributed by atoms with van der Waals surface area (Å²) in [5.41, 5.74) is 2.54. The molecule has 0 amide bonds. The van der Waals surface area contributed by atoms with Crippen LogP contribution in [-0.2, 0) is 6.61 Å². The Morgan fingerprint density at radius 2 is 1.68 bits per heavy atom. The van der Waals surface area contributed by atoms with Gasteiger partial charge in [-0.1, -0.05) is 71.5 Å². The molecule has 0 fully saturated rings. The van der Waals surface area contributed by atoms with Gasteiger partial charge in [0.25, 0.3) is 5.56 Å². The first-order chi connectivity index (χ1) is 15.2. The van der Waals surface area contributed by atoms with Crippen LogP contribution < -0.4 is 14.8 Å². The molecule has 0 aliphatic rings. The number of thiazole rings is 1. The highest BCUT2D eigenvalue weighted by Crippen LogP contribution is 2.22. The first kappa shape index (κ1) is 19.5. The van der Waals surface area contributed by atoms with Gasteiger partial charge in [-0.2, -0.15) is 0 Å². The third-order valence-electron chi connectivity index (χ3n) is 4.79. The van der Waals surface area contributed by atoms with Crippen molar-refractivity contribution < 1.29 is 4.74 Å². The Kier molecular flexibility index (Phi) is 5.24. The molecule has 5 rings (SSSR count). The minimum Gasteiger partial charge on any atom is -0.488 e. The molecule has 0 atom stereocenters. The highest BCUT2D eigenvalue weighted by atomic mass is 35.5. The molecule has 0 bridgehead atoms. The molecule has 0 saturated carbocycles. The summed E-state index contributed by atoms with van der Waals surface area (Å²) >= 11 is 7.28. The highest BCUT2D eigenvalue weighted by Gasteiger charge is 2.14. The van der Waals surface area contributed by atoms with E-state index < -0.39 is 0 Å². The van der Waals surface area contributed by atoms with Crippen molar-refractivity contribution in [1.29, 1.82) is 0 Å². The summed E-state index contributed by atoms with van der Waals surface area (Å²) in [7, 11) is 0. The fourth-order valence-corrected chi connectivity index (χ4v) is 4.29. The van der Waals surface area contributed by atoms with Gasteiger partial charge in [0.2, 0.25) is 4.96 Å². The van der Waals surface area contributed by atoms with Crippen LogP contribution in [0, 0.1) is 0 Å². The van der Waals surface area contributed by atoms with E-state index in [2.05, 4.69) is 10.2 Å². The summed E-state index contributed by atoms with van der Waals surface area (Å²) in [5, 5.41) is 9.00. The van der Waals surface area contributed by atoms with Crippen molar-refractivity contribution in [3.8, 4) is 17.1 Å². The van der Waals surface area contributed by atoms with Gasteiger partial charge >= 0.3 is 0 Å². The van der Waals surface area contributed by atoms with Crippen molar-refractivity contribution in [3.05, 3.63) is 110 Å². The van der Waals surface area contributed by atoms with E-state index in [0.717, 1.165) is 16.7 Å². The van der Waals surface area contributed by atoms with Gasteiger partial charge < -0.3 is 4.74 Å². The molecule has 5 nitrogen and oxygen atoms in total. The zero-order valence-electron chi connectivity index (χ0n) is 16.2. The van der Waals surface area contributed by atoms with E-state index in [0.29, 0.717) is 32.7 Å². The minimum absolute atomic E-state index is 0.159. The molecule has 2 heterocycles. The smallest absolute Gasteiger partial charge is 0.276 e. The van der Waals surface area contributed by atoms with E-state index in [1.54, 1.807) is 12.1 Å².